The van der Waals surface area contributed by atoms with Gasteiger partial charge in [-0.15, -0.1) is 0 Å². The number of aromatic nitrogens is 4. The van der Waals surface area contributed by atoms with Crippen LogP contribution in [0.3, 0.4) is 0 Å². The number of H-pyrrole nitrogens is 1. The summed E-state index contributed by atoms with van der Waals surface area (Å²) in [5.74, 6) is 0.389. The van der Waals surface area contributed by atoms with Crippen molar-refractivity contribution in [3.63, 3.8) is 0 Å². The van der Waals surface area contributed by atoms with Crippen molar-refractivity contribution in [3.05, 3.63) is 40.2 Å². The van der Waals surface area contributed by atoms with Gasteiger partial charge in [0.25, 0.3) is 5.56 Å². The molecule has 0 spiro atoms. The number of carbonyl (C=O) groups is 1. The zero-order valence-electron chi connectivity index (χ0n) is 13.1. The molecule has 2 aliphatic rings. The molecule has 8 heteroatoms. The maximum Gasteiger partial charge on any atom is 0.254 e. The summed E-state index contributed by atoms with van der Waals surface area (Å²) < 4.78 is 5.30. The lowest BCUT2D eigenvalue weighted by molar-refractivity contribution is -0.136. The first-order valence-corrected chi connectivity index (χ1v) is 7.97. The SMILES string of the molecule is O=C(C1CCOC1)N1CCc2c(nc(-c3cnccn3)[nH]c2=O)C1. The van der Waals surface area contributed by atoms with Gasteiger partial charge in [-0.3, -0.25) is 14.6 Å². The molecule has 2 aromatic rings. The van der Waals surface area contributed by atoms with Crippen LogP contribution in [0.1, 0.15) is 17.7 Å². The van der Waals surface area contributed by atoms with E-state index < -0.39 is 0 Å². The third kappa shape index (κ3) is 2.69. The van der Waals surface area contributed by atoms with E-state index in [4.69, 9.17) is 4.74 Å². The molecular weight excluding hydrogens is 310 g/mol. The number of carbonyl (C=O) groups excluding carboxylic acids is 1. The normalized spacial score (nSPS) is 20.0. The van der Waals surface area contributed by atoms with Crippen molar-refractivity contribution in [2.75, 3.05) is 19.8 Å². The average molecular weight is 327 g/mol. The highest BCUT2D eigenvalue weighted by molar-refractivity contribution is 5.79. The second kappa shape index (κ2) is 6.12. The monoisotopic (exact) mass is 327 g/mol. The van der Waals surface area contributed by atoms with Crippen LogP contribution in [0.5, 0.6) is 0 Å². The van der Waals surface area contributed by atoms with E-state index in [2.05, 4.69) is 19.9 Å². The van der Waals surface area contributed by atoms with E-state index in [0.717, 1.165) is 6.42 Å². The first-order chi connectivity index (χ1) is 11.7. The number of rotatable bonds is 2. The van der Waals surface area contributed by atoms with Gasteiger partial charge in [0.1, 0.15) is 5.69 Å². The highest BCUT2D eigenvalue weighted by atomic mass is 16.5. The summed E-state index contributed by atoms with van der Waals surface area (Å²) >= 11 is 0. The van der Waals surface area contributed by atoms with Crippen molar-refractivity contribution in [2.24, 2.45) is 5.92 Å². The van der Waals surface area contributed by atoms with Gasteiger partial charge in [-0.25, -0.2) is 9.97 Å². The smallest absolute Gasteiger partial charge is 0.254 e. The summed E-state index contributed by atoms with van der Waals surface area (Å²) in [7, 11) is 0. The Balaban J connectivity index is 1.63. The van der Waals surface area contributed by atoms with Crippen molar-refractivity contribution in [1.29, 1.82) is 0 Å². The molecule has 24 heavy (non-hydrogen) atoms. The predicted octanol–water partition coefficient (Wildman–Crippen LogP) is 0.148. The Morgan fingerprint density at radius 3 is 3.04 bits per heavy atom. The third-order valence-electron chi connectivity index (χ3n) is 4.47. The minimum atomic E-state index is -0.169. The second-order valence-corrected chi connectivity index (χ2v) is 6.00. The van der Waals surface area contributed by atoms with Crippen molar-refractivity contribution in [3.8, 4) is 11.5 Å². The molecule has 2 aliphatic heterocycles. The standard InChI is InChI=1S/C16H17N5O3/c22-15-11-1-5-21(16(23)10-2-6-24-9-10)8-13(11)19-14(20-15)12-7-17-3-4-18-12/h3-4,7,10H,1-2,5-6,8-9H2,(H,19,20,22). The lowest BCUT2D eigenvalue weighted by Crippen LogP contribution is -2.42. The molecule has 0 radical (unpaired) electrons. The molecule has 0 bridgehead atoms. The summed E-state index contributed by atoms with van der Waals surface area (Å²) in [5.41, 5.74) is 1.62. The van der Waals surface area contributed by atoms with Crippen LogP contribution in [0.25, 0.3) is 11.5 Å². The van der Waals surface area contributed by atoms with Gasteiger partial charge in [-0.1, -0.05) is 0 Å². The van der Waals surface area contributed by atoms with E-state index in [1.165, 1.54) is 0 Å². The Morgan fingerprint density at radius 1 is 1.38 bits per heavy atom. The first-order valence-electron chi connectivity index (χ1n) is 7.97. The topological polar surface area (TPSA) is 101 Å². The summed E-state index contributed by atoms with van der Waals surface area (Å²) in [5, 5.41) is 0. The van der Waals surface area contributed by atoms with Gasteiger partial charge in [-0.05, 0) is 12.8 Å². The molecule has 1 N–H and O–H groups in total. The molecule has 124 valence electrons. The van der Waals surface area contributed by atoms with Crippen LogP contribution in [0.2, 0.25) is 0 Å². The lowest BCUT2D eigenvalue weighted by Gasteiger charge is -2.29. The fourth-order valence-corrected chi connectivity index (χ4v) is 3.16. The lowest BCUT2D eigenvalue weighted by atomic mass is 10.0. The number of nitrogens with one attached hydrogen (secondary N) is 1. The van der Waals surface area contributed by atoms with Crippen LogP contribution in [0.15, 0.2) is 23.4 Å². The molecule has 0 saturated carbocycles. The Bertz CT molecular complexity index is 814. The molecule has 0 aromatic carbocycles. The van der Waals surface area contributed by atoms with Crippen LogP contribution in [-0.2, 0) is 22.5 Å². The number of aromatic amines is 1. The van der Waals surface area contributed by atoms with E-state index in [9.17, 15) is 9.59 Å². The van der Waals surface area contributed by atoms with Gasteiger partial charge in [-0.2, -0.15) is 0 Å². The molecule has 4 rings (SSSR count). The van der Waals surface area contributed by atoms with Crippen LogP contribution in [0.4, 0.5) is 0 Å². The average Bonchev–Trinajstić information content (AvgIpc) is 3.16. The number of nitrogens with zero attached hydrogens (tertiary/aromatic N) is 4. The molecule has 2 aromatic heterocycles. The van der Waals surface area contributed by atoms with Gasteiger partial charge in [0.2, 0.25) is 5.91 Å². The van der Waals surface area contributed by atoms with Crippen LogP contribution < -0.4 is 5.56 Å². The zero-order valence-corrected chi connectivity index (χ0v) is 13.1. The molecular formula is C16H17N5O3. The quantitative estimate of drug-likeness (QED) is 0.842. The van der Waals surface area contributed by atoms with E-state index in [1.807, 2.05) is 0 Å². The summed E-state index contributed by atoms with van der Waals surface area (Å²) in [6, 6.07) is 0. The maximum absolute atomic E-state index is 12.6. The van der Waals surface area contributed by atoms with Crippen molar-refractivity contribution < 1.29 is 9.53 Å². The molecule has 4 heterocycles. The highest BCUT2D eigenvalue weighted by Crippen LogP contribution is 2.21. The Labute approximate surface area is 137 Å². The van der Waals surface area contributed by atoms with Crippen molar-refractivity contribution in [2.45, 2.75) is 19.4 Å². The molecule has 8 nitrogen and oxygen atoms in total. The molecule has 1 amide bonds. The molecule has 1 saturated heterocycles. The minimum absolute atomic E-state index is 0.0759. The van der Waals surface area contributed by atoms with E-state index in [0.29, 0.717) is 55.5 Å². The summed E-state index contributed by atoms with van der Waals surface area (Å²) in [6.45, 7) is 2.00. The number of hydrogen-bond acceptors (Lipinski definition) is 6. The molecule has 0 aliphatic carbocycles. The summed E-state index contributed by atoms with van der Waals surface area (Å²) in [6.07, 6.45) is 5.93. The molecule has 1 unspecified atom stereocenters. The molecule has 1 atom stereocenters. The number of ether oxygens (including phenoxy) is 1. The second-order valence-electron chi connectivity index (χ2n) is 6.00. The Morgan fingerprint density at radius 2 is 2.29 bits per heavy atom. The Hall–Kier alpha value is -2.61. The van der Waals surface area contributed by atoms with E-state index in [1.54, 1.807) is 23.5 Å². The fourth-order valence-electron chi connectivity index (χ4n) is 3.16. The Kier molecular flexibility index (Phi) is 3.81. The fraction of sp³-hybridized carbons (Fsp3) is 0.438. The van der Waals surface area contributed by atoms with Crippen molar-refractivity contribution >= 4 is 5.91 Å². The van der Waals surface area contributed by atoms with Gasteiger partial charge >= 0.3 is 0 Å². The van der Waals surface area contributed by atoms with Gasteiger partial charge < -0.3 is 14.6 Å². The first kappa shape index (κ1) is 14.9. The number of fused-ring (bicyclic) bond motifs is 1. The van der Waals surface area contributed by atoms with Gasteiger partial charge in [0.15, 0.2) is 5.82 Å². The van der Waals surface area contributed by atoms with E-state index in [-0.39, 0.29) is 17.4 Å². The van der Waals surface area contributed by atoms with Crippen molar-refractivity contribution in [1.82, 2.24) is 24.8 Å². The van der Waals surface area contributed by atoms with E-state index >= 15 is 0 Å². The third-order valence-corrected chi connectivity index (χ3v) is 4.47. The minimum Gasteiger partial charge on any atom is -0.381 e. The maximum atomic E-state index is 12.6. The summed E-state index contributed by atoms with van der Waals surface area (Å²) in [4.78, 5) is 42.1. The largest absolute Gasteiger partial charge is 0.381 e. The predicted molar refractivity (Wildman–Crippen MR) is 83.9 cm³/mol. The highest BCUT2D eigenvalue weighted by Gasteiger charge is 2.31. The van der Waals surface area contributed by atoms with Crippen LogP contribution in [-0.4, -0.2) is 50.5 Å². The number of amides is 1. The van der Waals surface area contributed by atoms with Gasteiger partial charge in [0.05, 0.1) is 31.0 Å². The molecule has 1 fully saturated rings. The van der Waals surface area contributed by atoms with Gasteiger partial charge in [0, 0.05) is 31.1 Å². The zero-order chi connectivity index (χ0) is 16.5. The van der Waals surface area contributed by atoms with Crippen LogP contribution >= 0.6 is 0 Å². The van der Waals surface area contributed by atoms with Crippen LogP contribution in [0, 0.1) is 5.92 Å². The number of hydrogen-bond donors (Lipinski definition) is 1.